The average molecular weight is 388 g/mol. The molecule has 2 fully saturated rings. The first-order chi connectivity index (χ1) is 9.08. The SMILES string of the molecule is O=C1C2CCCN2C(=O)CN1c1cc(Br)ccc1Br. The molecule has 2 heterocycles. The molecule has 0 saturated carbocycles. The van der Waals surface area contributed by atoms with Crippen molar-refractivity contribution in [3.05, 3.63) is 27.1 Å². The van der Waals surface area contributed by atoms with E-state index in [0.29, 0.717) is 6.54 Å². The molecule has 0 spiro atoms. The second-order valence-electron chi connectivity index (χ2n) is 4.77. The molecule has 2 saturated heterocycles. The Bertz CT molecular complexity index is 562. The zero-order valence-electron chi connectivity index (χ0n) is 10.1. The number of piperazine rings is 1. The lowest BCUT2D eigenvalue weighted by atomic mass is 10.1. The van der Waals surface area contributed by atoms with Gasteiger partial charge in [0.25, 0.3) is 0 Å². The topological polar surface area (TPSA) is 40.6 Å². The fourth-order valence-electron chi connectivity index (χ4n) is 2.70. The second kappa shape index (κ2) is 4.90. The Morgan fingerprint density at radius 2 is 2.00 bits per heavy atom. The number of carbonyl (C=O) groups is 2. The minimum absolute atomic E-state index is 0.0240. The van der Waals surface area contributed by atoms with Gasteiger partial charge in [0.15, 0.2) is 0 Å². The monoisotopic (exact) mass is 386 g/mol. The van der Waals surface area contributed by atoms with Gasteiger partial charge in [-0.25, -0.2) is 0 Å². The quantitative estimate of drug-likeness (QED) is 0.742. The van der Waals surface area contributed by atoms with Gasteiger partial charge in [-0.3, -0.25) is 9.59 Å². The Labute approximate surface area is 128 Å². The Morgan fingerprint density at radius 1 is 1.21 bits per heavy atom. The molecule has 0 bridgehead atoms. The van der Waals surface area contributed by atoms with Gasteiger partial charge < -0.3 is 9.80 Å². The summed E-state index contributed by atoms with van der Waals surface area (Å²) in [6, 6.07) is 5.36. The van der Waals surface area contributed by atoms with Crippen LogP contribution in [0.2, 0.25) is 0 Å². The van der Waals surface area contributed by atoms with Crippen LogP contribution in [0.3, 0.4) is 0 Å². The summed E-state index contributed by atoms with van der Waals surface area (Å²) in [7, 11) is 0. The maximum atomic E-state index is 12.5. The number of anilines is 1. The van der Waals surface area contributed by atoms with Crippen LogP contribution in [0.4, 0.5) is 5.69 Å². The van der Waals surface area contributed by atoms with Crippen molar-refractivity contribution in [2.24, 2.45) is 0 Å². The predicted molar refractivity (Wildman–Crippen MR) is 78.9 cm³/mol. The highest BCUT2D eigenvalue weighted by Gasteiger charge is 2.42. The number of carbonyl (C=O) groups excluding carboxylic acids is 2. The molecular weight excluding hydrogens is 376 g/mol. The maximum Gasteiger partial charge on any atom is 0.250 e. The van der Waals surface area contributed by atoms with Crippen molar-refractivity contribution in [2.45, 2.75) is 18.9 Å². The van der Waals surface area contributed by atoms with Crippen LogP contribution in [0, 0.1) is 0 Å². The van der Waals surface area contributed by atoms with E-state index < -0.39 is 0 Å². The minimum Gasteiger partial charge on any atom is -0.329 e. The fourth-order valence-corrected chi connectivity index (χ4v) is 3.51. The molecule has 2 amide bonds. The Hall–Kier alpha value is -0.880. The molecule has 3 rings (SSSR count). The Kier molecular flexibility index (Phi) is 3.39. The number of fused-ring (bicyclic) bond motifs is 1. The molecule has 2 aliphatic heterocycles. The van der Waals surface area contributed by atoms with Gasteiger partial charge in [-0.05, 0) is 47.0 Å². The summed E-state index contributed by atoms with van der Waals surface area (Å²) in [4.78, 5) is 27.9. The van der Waals surface area contributed by atoms with Crippen LogP contribution in [0.15, 0.2) is 27.1 Å². The molecule has 0 radical (unpaired) electrons. The molecule has 4 nitrogen and oxygen atoms in total. The number of rotatable bonds is 1. The van der Waals surface area contributed by atoms with E-state index in [1.54, 1.807) is 9.80 Å². The molecule has 1 atom stereocenters. The molecule has 0 aromatic heterocycles. The summed E-state index contributed by atoms with van der Waals surface area (Å²) in [5, 5.41) is 0. The molecular formula is C13H12Br2N2O2. The first kappa shape index (κ1) is 13.1. The van der Waals surface area contributed by atoms with Crippen LogP contribution >= 0.6 is 31.9 Å². The number of hydrogen-bond acceptors (Lipinski definition) is 2. The summed E-state index contributed by atoms with van der Waals surface area (Å²) in [6.07, 6.45) is 1.68. The number of amides is 2. The molecule has 1 aromatic carbocycles. The van der Waals surface area contributed by atoms with E-state index in [0.717, 1.165) is 27.5 Å². The number of nitrogens with zero attached hydrogens (tertiary/aromatic N) is 2. The first-order valence-corrected chi connectivity index (χ1v) is 7.72. The Morgan fingerprint density at radius 3 is 2.79 bits per heavy atom. The van der Waals surface area contributed by atoms with Gasteiger partial charge in [0.05, 0.1) is 5.69 Å². The van der Waals surface area contributed by atoms with E-state index in [4.69, 9.17) is 0 Å². The molecule has 0 aliphatic carbocycles. The largest absolute Gasteiger partial charge is 0.329 e. The van der Waals surface area contributed by atoms with Crippen LogP contribution in [-0.4, -0.2) is 35.8 Å². The number of benzene rings is 1. The minimum atomic E-state index is -0.271. The molecule has 6 heteroatoms. The van der Waals surface area contributed by atoms with E-state index in [2.05, 4.69) is 31.9 Å². The fraction of sp³-hybridized carbons (Fsp3) is 0.385. The van der Waals surface area contributed by atoms with Gasteiger partial charge in [0, 0.05) is 15.5 Å². The van der Waals surface area contributed by atoms with E-state index in [9.17, 15) is 9.59 Å². The first-order valence-electron chi connectivity index (χ1n) is 6.14. The van der Waals surface area contributed by atoms with Gasteiger partial charge in [-0.1, -0.05) is 15.9 Å². The third-order valence-electron chi connectivity index (χ3n) is 3.62. The van der Waals surface area contributed by atoms with E-state index in [1.165, 1.54) is 0 Å². The lowest BCUT2D eigenvalue weighted by Crippen LogP contribution is -2.57. The highest BCUT2D eigenvalue weighted by atomic mass is 79.9. The highest BCUT2D eigenvalue weighted by Crippen LogP contribution is 2.33. The molecule has 0 N–H and O–H groups in total. The van der Waals surface area contributed by atoms with E-state index in [1.807, 2.05) is 18.2 Å². The van der Waals surface area contributed by atoms with Crippen molar-refractivity contribution in [3.63, 3.8) is 0 Å². The zero-order chi connectivity index (χ0) is 13.6. The van der Waals surface area contributed by atoms with Gasteiger partial charge in [-0.2, -0.15) is 0 Å². The molecule has 100 valence electrons. The molecule has 1 aromatic rings. The van der Waals surface area contributed by atoms with Crippen LogP contribution in [0.5, 0.6) is 0 Å². The summed E-state index contributed by atoms with van der Waals surface area (Å²) < 4.78 is 1.71. The van der Waals surface area contributed by atoms with Crippen LogP contribution in [-0.2, 0) is 9.59 Å². The summed E-state index contributed by atoms with van der Waals surface area (Å²) in [5.41, 5.74) is 0.749. The van der Waals surface area contributed by atoms with Crippen molar-refractivity contribution in [3.8, 4) is 0 Å². The molecule has 19 heavy (non-hydrogen) atoms. The van der Waals surface area contributed by atoms with E-state index in [-0.39, 0.29) is 24.4 Å². The van der Waals surface area contributed by atoms with Gasteiger partial charge in [0.1, 0.15) is 12.6 Å². The van der Waals surface area contributed by atoms with Crippen LogP contribution < -0.4 is 4.90 Å². The van der Waals surface area contributed by atoms with Crippen molar-refractivity contribution >= 4 is 49.4 Å². The summed E-state index contributed by atoms with van der Waals surface area (Å²) in [6.45, 7) is 0.840. The van der Waals surface area contributed by atoms with Crippen LogP contribution in [0.1, 0.15) is 12.8 Å². The third kappa shape index (κ3) is 2.21. The normalized spacial score (nSPS) is 22.9. The zero-order valence-corrected chi connectivity index (χ0v) is 13.3. The average Bonchev–Trinajstić information content (AvgIpc) is 2.87. The van der Waals surface area contributed by atoms with Gasteiger partial charge >= 0.3 is 0 Å². The van der Waals surface area contributed by atoms with Gasteiger partial charge in [0.2, 0.25) is 11.8 Å². The van der Waals surface area contributed by atoms with Crippen molar-refractivity contribution in [1.82, 2.24) is 4.90 Å². The lowest BCUT2D eigenvalue weighted by Gasteiger charge is -2.36. The van der Waals surface area contributed by atoms with Crippen molar-refractivity contribution in [2.75, 3.05) is 18.0 Å². The smallest absolute Gasteiger partial charge is 0.250 e. The highest BCUT2D eigenvalue weighted by molar-refractivity contribution is 9.11. The Balaban J connectivity index is 1.98. The van der Waals surface area contributed by atoms with Crippen molar-refractivity contribution < 1.29 is 9.59 Å². The second-order valence-corrected chi connectivity index (χ2v) is 6.54. The van der Waals surface area contributed by atoms with Crippen LogP contribution in [0.25, 0.3) is 0 Å². The summed E-state index contributed by atoms with van der Waals surface area (Å²) >= 11 is 6.85. The number of hydrogen-bond donors (Lipinski definition) is 0. The standard InChI is InChI=1S/C13H12Br2N2O2/c14-8-3-4-9(15)11(6-8)17-7-12(18)16-5-1-2-10(16)13(17)19/h3-4,6,10H,1-2,5,7H2. The maximum absolute atomic E-state index is 12.5. The third-order valence-corrected chi connectivity index (χ3v) is 4.78. The van der Waals surface area contributed by atoms with Crippen molar-refractivity contribution in [1.29, 1.82) is 0 Å². The number of halogens is 2. The molecule has 2 aliphatic rings. The van der Waals surface area contributed by atoms with Gasteiger partial charge in [-0.15, -0.1) is 0 Å². The predicted octanol–water partition coefficient (Wildman–Crippen LogP) is 2.55. The molecule has 1 unspecified atom stereocenters. The summed E-state index contributed by atoms with van der Waals surface area (Å²) in [5.74, 6) is 0.0601. The van der Waals surface area contributed by atoms with E-state index >= 15 is 0 Å². The lowest BCUT2D eigenvalue weighted by molar-refractivity contribution is -0.140.